The minimum absolute atomic E-state index is 0.0898. The number of benzene rings is 1. The van der Waals surface area contributed by atoms with Gasteiger partial charge in [-0.25, -0.2) is 0 Å². The van der Waals surface area contributed by atoms with Crippen LogP contribution in [0.15, 0.2) is 12.1 Å². The second-order valence-electron chi connectivity index (χ2n) is 8.43. The zero-order valence-corrected chi connectivity index (χ0v) is 14.7. The normalized spacial score (nSPS) is 38.6. The van der Waals surface area contributed by atoms with E-state index in [0.29, 0.717) is 6.04 Å². The summed E-state index contributed by atoms with van der Waals surface area (Å²) in [5.41, 5.74) is 4.24. The highest BCUT2D eigenvalue weighted by Gasteiger charge is 2.63. The van der Waals surface area contributed by atoms with Gasteiger partial charge in [-0.2, -0.15) is 0 Å². The van der Waals surface area contributed by atoms with E-state index in [9.17, 15) is 5.11 Å². The number of ether oxygens (including phenoxy) is 1. The Labute approximate surface area is 144 Å². The SMILES string of the molecule is CCCN[C@@H]1CCC2C3CCC[C@]24c2c(ccc(CO)c2OC14)C3. The van der Waals surface area contributed by atoms with Crippen LogP contribution in [0.2, 0.25) is 0 Å². The zero-order valence-electron chi connectivity index (χ0n) is 14.7. The first kappa shape index (κ1) is 15.2. The maximum Gasteiger partial charge on any atom is 0.129 e. The number of nitrogens with one attached hydrogen (secondary N) is 1. The Kier molecular flexibility index (Phi) is 3.47. The lowest BCUT2D eigenvalue weighted by Gasteiger charge is -2.56. The minimum Gasteiger partial charge on any atom is -0.487 e. The molecule has 1 aromatic rings. The van der Waals surface area contributed by atoms with Crippen LogP contribution >= 0.6 is 0 Å². The van der Waals surface area contributed by atoms with Gasteiger partial charge in [-0.15, -0.1) is 0 Å². The molecule has 1 aromatic carbocycles. The van der Waals surface area contributed by atoms with Gasteiger partial charge in [-0.3, -0.25) is 0 Å². The molecule has 1 aliphatic heterocycles. The Balaban J connectivity index is 1.67. The Hall–Kier alpha value is -1.06. The summed E-state index contributed by atoms with van der Waals surface area (Å²) in [4.78, 5) is 0. The van der Waals surface area contributed by atoms with Crippen molar-refractivity contribution >= 4 is 0 Å². The Morgan fingerprint density at radius 1 is 1.29 bits per heavy atom. The minimum atomic E-state index is 0.0898. The summed E-state index contributed by atoms with van der Waals surface area (Å²) in [7, 11) is 0. The topological polar surface area (TPSA) is 41.5 Å². The van der Waals surface area contributed by atoms with E-state index in [-0.39, 0.29) is 18.1 Å². The first-order valence-corrected chi connectivity index (χ1v) is 9.95. The van der Waals surface area contributed by atoms with Gasteiger partial charge in [0, 0.05) is 22.6 Å². The van der Waals surface area contributed by atoms with Crippen LogP contribution in [0.3, 0.4) is 0 Å². The molecule has 24 heavy (non-hydrogen) atoms. The van der Waals surface area contributed by atoms with Crippen LogP contribution in [-0.2, 0) is 18.4 Å². The van der Waals surface area contributed by atoms with E-state index in [1.807, 2.05) is 0 Å². The van der Waals surface area contributed by atoms with Gasteiger partial charge in [0.25, 0.3) is 0 Å². The molecular weight excluding hydrogens is 298 g/mol. The largest absolute Gasteiger partial charge is 0.487 e. The van der Waals surface area contributed by atoms with Gasteiger partial charge in [0.05, 0.1) is 6.61 Å². The van der Waals surface area contributed by atoms with E-state index in [1.54, 1.807) is 0 Å². The maximum absolute atomic E-state index is 9.84. The maximum atomic E-state index is 9.84. The van der Waals surface area contributed by atoms with E-state index >= 15 is 0 Å². The molecule has 130 valence electrons. The molecule has 5 rings (SSSR count). The molecule has 2 fully saturated rings. The summed E-state index contributed by atoms with van der Waals surface area (Å²) in [6, 6.07) is 4.85. The molecule has 0 radical (unpaired) electrons. The van der Waals surface area contributed by atoms with Crippen LogP contribution < -0.4 is 10.1 Å². The molecule has 3 heteroatoms. The Bertz CT molecular complexity index is 657. The molecule has 0 amide bonds. The number of rotatable bonds is 4. The molecule has 2 bridgehead atoms. The lowest BCUT2D eigenvalue weighted by molar-refractivity contribution is -0.0333. The smallest absolute Gasteiger partial charge is 0.129 e. The van der Waals surface area contributed by atoms with Crippen LogP contribution in [0.25, 0.3) is 0 Å². The number of hydrogen-bond acceptors (Lipinski definition) is 3. The first-order valence-electron chi connectivity index (χ1n) is 9.95. The fraction of sp³-hybridized carbons (Fsp3) is 0.714. The van der Waals surface area contributed by atoms with Crippen LogP contribution in [0.5, 0.6) is 5.75 Å². The van der Waals surface area contributed by atoms with Crippen LogP contribution in [0.1, 0.15) is 62.1 Å². The highest BCUT2D eigenvalue weighted by molar-refractivity contribution is 5.58. The second kappa shape index (κ2) is 5.47. The molecule has 3 nitrogen and oxygen atoms in total. The number of aliphatic hydroxyl groups excluding tert-OH is 1. The Morgan fingerprint density at radius 2 is 2.21 bits per heavy atom. The van der Waals surface area contributed by atoms with Gasteiger partial charge in [0.1, 0.15) is 11.9 Å². The summed E-state index contributed by atoms with van der Waals surface area (Å²) in [6.07, 6.45) is 9.25. The van der Waals surface area contributed by atoms with Gasteiger partial charge in [0.2, 0.25) is 0 Å². The van der Waals surface area contributed by atoms with Crippen LogP contribution in [-0.4, -0.2) is 23.8 Å². The quantitative estimate of drug-likeness (QED) is 0.891. The van der Waals surface area contributed by atoms with Crippen LogP contribution in [0.4, 0.5) is 0 Å². The van der Waals surface area contributed by atoms with E-state index in [2.05, 4.69) is 24.4 Å². The van der Waals surface area contributed by atoms with Crippen molar-refractivity contribution in [1.82, 2.24) is 5.32 Å². The summed E-state index contributed by atoms with van der Waals surface area (Å²) >= 11 is 0. The fourth-order valence-electron chi connectivity index (χ4n) is 6.62. The van der Waals surface area contributed by atoms with Crippen molar-refractivity contribution in [2.75, 3.05) is 6.54 Å². The zero-order chi connectivity index (χ0) is 16.3. The van der Waals surface area contributed by atoms with E-state index in [0.717, 1.165) is 29.7 Å². The second-order valence-corrected chi connectivity index (χ2v) is 8.43. The Morgan fingerprint density at radius 3 is 3.04 bits per heavy atom. The van der Waals surface area contributed by atoms with Crippen molar-refractivity contribution in [3.8, 4) is 5.75 Å². The van der Waals surface area contributed by atoms with Gasteiger partial charge in [-0.05, 0) is 62.5 Å². The third-order valence-corrected chi connectivity index (χ3v) is 7.40. The average molecular weight is 327 g/mol. The van der Waals surface area contributed by atoms with Gasteiger partial charge in [-0.1, -0.05) is 25.5 Å². The standard InChI is InChI=1S/C21H29NO2/c1-2-10-22-17-8-7-16-13-4-3-9-21(16)18-14(11-13)5-6-15(12-23)19(18)24-20(17)21/h5-6,13,16-17,20,22-23H,2-4,7-12H2,1H3/t13?,16?,17-,20?,21-/m1/s1. The lowest BCUT2D eigenvalue weighted by Crippen LogP contribution is -2.62. The van der Waals surface area contributed by atoms with Gasteiger partial charge in [0.15, 0.2) is 0 Å². The van der Waals surface area contributed by atoms with Crippen molar-refractivity contribution in [3.63, 3.8) is 0 Å². The summed E-state index contributed by atoms with van der Waals surface area (Å²) < 4.78 is 6.69. The predicted octanol–water partition coefficient (Wildman–Crippen LogP) is 3.31. The number of hydrogen-bond donors (Lipinski definition) is 2. The molecular formula is C21H29NO2. The monoisotopic (exact) mass is 327 g/mol. The molecule has 3 aliphatic carbocycles. The average Bonchev–Trinajstić information content (AvgIpc) is 2.94. The van der Waals surface area contributed by atoms with Crippen molar-refractivity contribution < 1.29 is 9.84 Å². The third kappa shape index (κ3) is 1.80. The van der Waals surface area contributed by atoms with Gasteiger partial charge >= 0.3 is 0 Å². The molecule has 2 saturated carbocycles. The highest BCUT2D eigenvalue weighted by atomic mass is 16.5. The van der Waals surface area contributed by atoms with Crippen molar-refractivity contribution in [2.45, 2.75) is 76.0 Å². The van der Waals surface area contributed by atoms with Crippen molar-refractivity contribution in [1.29, 1.82) is 0 Å². The molecule has 2 N–H and O–H groups in total. The molecule has 1 heterocycles. The van der Waals surface area contributed by atoms with Crippen LogP contribution in [0, 0.1) is 11.8 Å². The molecule has 5 atom stereocenters. The predicted molar refractivity (Wildman–Crippen MR) is 94.3 cm³/mol. The molecule has 4 aliphatic rings. The molecule has 0 aromatic heterocycles. The highest BCUT2D eigenvalue weighted by Crippen LogP contribution is 2.64. The number of aliphatic hydroxyl groups is 1. The summed E-state index contributed by atoms with van der Waals surface area (Å²) in [6.45, 7) is 3.40. The third-order valence-electron chi connectivity index (χ3n) is 7.40. The molecule has 0 saturated heterocycles. The van der Waals surface area contributed by atoms with Crippen molar-refractivity contribution in [3.05, 3.63) is 28.8 Å². The van der Waals surface area contributed by atoms with Crippen molar-refractivity contribution in [2.24, 2.45) is 11.8 Å². The lowest BCUT2D eigenvalue weighted by atomic mass is 9.48. The first-order chi connectivity index (χ1) is 11.8. The van der Waals surface area contributed by atoms with E-state index in [1.165, 1.54) is 56.1 Å². The fourth-order valence-corrected chi connectivity index (χ4v) is 6.62. The van der Waals surface area contributed by atoms with E-state index < -0.39 is 0 Å². The van der Waals surface area contributed by atoms with E-state index in [4.69, 9.17) is 4.74 Å². The molecule has 3 unspecified atom stereocenters. The summed E-state index contributed by atoms with van der Waals surface area (Å²) in [5, 5.41) is 13.6. The van der Waals surface area contributed by atoms with Gasteiger partial charge < -0.3 is 15.2 Å². The summed E-state index contributed by atoms with van der Waals surface area (Å²) in [5.74, 6) is 2.68. The molecule has 1 spiro atoms.